The average molecular weight is 216 g/mol. The molecular formula is C12H12N2O2. The summed E-state index contributed by atoms with van der Waals surface area (Å²) < 4.78 is 5.12. The summed E-state index contributed by atoms with van der Waals surface area (Å²) in [5.74, 6) is 0.215. The van der Waals surface area contributed by atoms with Crippen LogP contribution < -0.4 is 10.1 Å². The van der Waals surface area contributed by atoms with Gasteiger partial charge in [-0.2, -0.15) is 5.26 Å². The molecule has 0 unspecified atom stereocenters. The van der Waals surface area contributed by atoms with Crippen LogP contribution in [0.1, 0.15) is 5.56 Å². The zero-order valence-electron chi connectivity index (χ0n) is 9.15. The molecule has 1 rings (SSSR count). The van der Waals surface area contributed by atoms with Crippen LogP contribution in [0.4, 0.5) is 0 Å². The lowest BCUT2D eigenvalue weighted by Gasteiger charge is -2.04. The fourth-order valence-electron chi connectivity index (χ4n) is 1.22. The fourth-order valence-corrected chi connectivity index (χ4v) is 1.22. The average Bonchev–Trinajstić information content (AvgIpc) is 2.35. The number of rotatable bonds is 3. The molecule has 1 aromatic rings. The number of para-hydroxylation sites is 1. The van der Waals surface area contributed by atoms with Gasteiger partial charge in [-0.15, -0.1) is 0 Å². The van der Waals surface area contributed by atoms with Crippen LogP contribution in [0.5, 0.6) is 5.75 Å². The normalized spacial score (nSPS) is 10.4. The molecule has 0 aliphatic heterocycles. The van der Waals surface area contributed by atoms with Crippen molar-refractivity contribution in [2.45, 2.75) is 0 Å². The van der Waals surface area contributed by atoms with Gasteiger partial charge in [0.25, 0.3) is 5.91 Å². The number of nitrogens with one attached hydrogen (secondary N) is 1. The third kappa shape index (κ3) is 2.61. The van der Waals surface area contributed by atoms with Crippen molar-refractivity contribution in [3.63, 3.8) is 0 Å². The molecule has 0 aliphatic carbocycles. The molecule has 1 N–H and O–H groups in total. The highest BCUT2D eigenvalue weighted by molar-refractivity contribution is 6.01. The van der Waals surface area contributed by atoms with Gasteiger partial charge in [0.05, 0.1) is 7.11 Å². The number of likely N-dealkylation sites (N-methyl/N-ethyl adjacent to an activating group) is 1. The van der Waals surface area contributed by atoms with E-state index in [1.54, 1.807) is 19.2 Å². The van der Waals surface area contributed by atoms with Gasteiger partial charge in [0.2, 0.25) is 0 Å². The van der Waals surface area contributed by atoms with Gasteiger partial charge < -0.3 is 10.1 Å². The maximum absolute atomic E-state index is 11.3. The summed E-state index contributed by atoms with van der Waals surface area (Å²) in [5, 5.41) is 11.2. The van der Waals surface area contributed by atoms with Gasteiger partial charge in [-0.3, -0.25) is 4.79 Å². The van der Waals surface area contributed by atoms with Crippen molar-refractivity contribution in [2.24, 2.45) is 0 Å². The van der Waals surface area contributed by atoms with Crippen LogP contribution in [0.15, 0.2) is 29.8 Å². The maximum atomic E-state index is 11.3. The first-order valence-corrected chi connectivity index (χ1v) is 4.69. The topological polar surface area (TPSA) is 62.1 Å². The largest absolute Gasteiger partial charge is 0.496 e. The van der Waals surface area contributed by atoms with Crippen LogP contribution in [0, 0.1) is 11.3 Å². The second-order valence-electron chi connectivity index (χ2n) is 2.99. The minimum atomic E-state index is -0.409. The van der Waals surface area contributed by atoms with Crippen molar-refractivity contribution in [2.75, 3.05) is 14.2 Å². The van der Waals surface area contributed by atoms with Crippen molar-refractivity contribution >= 4 is 12.0 Å². The lowest BCUT2D eigenvalue weighted by molar-refractivity contribution is -0.116. The Labute approximate surface area is 94.1 Å². The number of methoxy groups -OCH3 is 1. The Balaban J connectivity index is 3.14. The quantitative estimate of drug-likeness (QED) is 0.612. The van der Waals surface area contributed by atoms with Gasteiger partial charge in [0, 0.05) is 12.6 Å². The van der Waals surface area contributed by atoms with Crippen molar-refractivity contribution in [1.82, 2.24) is 5.32 Å². The molecule has 0 aliphatic rings. The highest BCUT2D eigenvalue weighted by Crippen LogP contribution is 2.20. The maximum Gasteiger partial charge on any atom is 0.261 e. The number of hydrogen-bond donors (Lipinski definition) is 1. The molecular weight excluding hydrogens is 204 g/mol. The van der Waals surface area contributed by atoms with Gasteiger partial charge in [-0.05, 0) is 12.1 Å². The van der Waals surface area contributed by atoms with Crippen LogP contribution >= 0.6 is 0 Å². The predicted molar refractivity (Wildman–Crippen MR) is 60.7 cm³/mol. The zero-order chi connectivity index (χ0) is 12.0. The Morgan fingerprint density at radius 1 is 1.50 bits per heavy atom. The van der Waals surface area contributed by atoms with Gasteiger partial charge in [0.1, 0.15) is 17.4 Å². The number of ether oxygens (including phenoxy) is 1. The number of carbonyl (C=O) groups is 1. The SMILES string of the molecule is CNC(=O)/C(C#N)=C/c1ccccc1OC. The Hall–Kier alpha value is -2.28. The van der Waals surface area contributed by atoms with E-state index in [0.29, 0.717) is 11.3 Å². The highest BCUT2D eigenvalue weighted by Gasteiger charge is 2.07. The molecule has 82 valence electrons. The predicted octanol–water partition coefficient (Wildman–Crippen LogP) is 1.35. The molecule has 0 saturated heterocycles. The number of nitriles is 1. The summed E-state index contributed by atoms with van der Waals surface area (Å²) >= 11 is 0. The molecule has 1 amide bonds. The molecule has 0 bridgehead atoms. The lowest BCUT2D eigenvalue weighted by Crippen LogP contribution is -2.19. The second kappa shape index (κ2) is 5.56. The van der Waals surface area contributed by atoms with Gasteiger partial charge in [0.15, 0.2) is 0 Å². The van der Waals surface area contributed by atoms with E-state index in [1.165, 1.54) is 13.1 Å². The molecule has 1 aromatic carbocycles. The van der Waals surface area contributed by atoms with E-state index in [2.05, 4.69) is 5.32 Å². The minimum Gasteiger partial charge on any atom is -0.496 e. The summed E-state index contributed by atoms with van der Waals surface area (Å²) in [7, 11) is 3.02. The van der Waals surface area contributed by atoms with Gasteiger partial charge in [-0.1, -0.05) is 18.2 Å². The van der Waals surface area contributed by atoms with Crippen LogP contribution in [-0.4, -0.2) is 20.1 Å². The summed E-state index contributed by atoms with van der Waals surface area (Å²) in [6.45, 7) is 0. The molecule has 0 heterocycles. The second-order valence-corrected chi connectivity index (χ2v) is 2.99. The van der Waals surface area contributed by atoms with E-state index in [-0.39, 0.29) is 5.57 Å². The Kier molecular flexibility index (Phi) is 4.10. The van der Waals surface area contributed by atoms with E-state index in [0.717, 1.165) is 0 Å². The van der Waals surface area contributed by atoms with E-state index in [1.807, 2.05) is 18.2 Å². The Morgan fingerprint density at radius 3 is 2.75 bits per heavy atom. The summed E-state index contributed by atoms with van der Waals surface area (Å²) in [6, 6.07) is 9.03. The Morgan fingerprint density at radius 2 is 2.19 bits per heavy atom. The van der Waals surface area contributed by atoms with E-state index < -0.39 is 5.91 Å². The number of nitrogens with zero attached hydrogens (tertiary/aromatic N) is 1. The lowest BCUT2D eigenvalue weighted by atomic mass is 10.1. The molecule has 16 heavy (non-hydrogen) atoms. The third-order valence-corrected chi connectivity index (χ3v) is 2.03. The van der Waals surface area contributed by atoms with Gasteiger partial charge in [-0.25, -0.2) is 0 Å². The fraction of sp³-hybridized carbons (Fsp3) is 0.167. The van der Waals surface area contributed by atoms with Crippen LogP contribution in [0.25, 0.3) is 6.08 Å². The smallest absolute Gasteiger partial charge is 0.261 e. The monoisotopic (exact) mass is 216 g/mol. The highest BCUT2D eigenvalue weighted by atomic mass is 16.5. The van der Waals surface area contributed by atoms with Crippen LogP contribution in [-0.2, 0) is 4.79 Å². The van der Waals surface area contributed by atoms with Crippen molar-refractivity contribution < 1.29 is 9.53 Å². The number of benzene rings is 1. The first-order valence-electron chi connectivity index (χ1n) is 4.69. The standard InChI is InChI=1S/C12H12N2O2/c1-14-12(15)10(8-13)7-9-5-3-4-6-11(9)16-2/h3-7H,1-2H3,(H,14,15)/b10-7+. The molecule has 0 atom stereocenters. The minimum absolute atomic E-state index is 0.0481. The van der Waals surface area contributed by atoms with Crippen molar-refractivity contribution in [1.29, 1.82) is 5.26 Å². The van der Waals surface area contributed by atoms with Gasteiger partial charge >= 0.3 is 0 Å². The summed E-state index contributed by atoms with van der Waals surface area (Å²) in [4.78, 5) is 11.3. The van der Waals surface area contributed by atoms with Crippen LogP contribution in [0.2, 0.25) is 0 Å². The first kappa shape index (κ1) is 11.8. The molecule has 4 heteroatoms. The molecule has 0 fully saturated rings. The van der Waals surface area contributed by atoms with Crippen molar-refractivity contribution in [3.8, 4) is 11.8 Å². The van der Waals surface area contributed by atoms with Crippen molar-refractivity contribution in [3.05, 3.63) is 35.4 Å². The summed E-state index contributed by atoms with van der Waals surface area (Å²) in [5.41, 5.74) is 0.747. The molecule has 0 aromatic heterocycles. The van der Waals surface area contributed by atoms with E-state index in [4.69, 9.17) is 10.00 Å². The molecule has 4 nitrogen and oxygen atoms in total. The number of amides is 1. The zero-order valence-corrected chi connectivity index (χ0v) is 9.15. The molecule has 0 spiro atoms. The number of hydrogen-bond acceptors (Lipinski definition) is 3. The Bertz CT molecular complexity index is 458. The molecule has 0 radical (unpaired) electrons. The number of carbonyl (C=O) groups excluding carboxylic acids is 1. The van der Waals surface area contributed by atoms with E-state index in [9.17, 15) is 4.79 Å². The molecule has 0 saturated carbocycles. The van der Waals surface area contributed by atoms with E-state index >= 15 is 0 Å². The van der Waals surface area contributed by atoms with Crippen LogP contribution in [0.3, 0.4) is 0 Å². The summed E-state index contributed by atoms with van der Waals surface area (Å²) in [6.07, 6.45) is 1.50. The first-order chi connectivity index (χ1) is 7.72. The third-order valence-electron chi connectivity index (χ3n) is 2.03.